The number of hydrogen-bond acceptors (Lipinski definition) is 4. The highest BCUT2D eigenvalue weighted by atomic mass is 127. The van der Waals surface area contributed by atoms with Crippen LogP contribution in [0, 0.1) is 12.8 Å². The predicted octanol–water partition coefficient (Wildman–Crippen LogP) is 3.33. The van der Waals surface area contributed by atoms with E-state index in [2.05, 4.69) is 51.8 Å². The molecule has 1 atom stereocenters. The minimum absolute atomic E-state index is 0. The van der Waals surface area contributed by atoms with Crippen LogP contribution < -0.4 is 15.4 Å². The van der Waals surface area contributed by atoms with E-state index in [0.717, 1.165) is 49.9 Å². The zero-order valence-electron chi connectivity index (χ0n) is 17.2. The van der Waals surface area contributed by atoms with Crippen molar-refractivity contribution in [2.75, 3.05) is 33.4 Å². The summed E-state index contributed by atoms with van der Waals surface area (Å²) >= 11 is 0. The van der Waals surface area contributed by atoms with Crippen molar-refractivity contribution in [1.82, 2.24) is 15.6 Å². The van der Waals surface area contributed by atoms with Crippen LogP contribution in [0.1, 0.15) is 23.1 Å². The summed E-state index contributed by atoms with van der Waals surface area (Å²) in [4.78, 5) is 8.46. The van der Waals surface area contributed by atoms with Gasteiger partial charge in [-0.25, -0.2) is 0 Å². The SMILES string of the molecule is CN=C(NCCc1cccnc1)NCc1ccc(C)cc1OCC1CCOC1.I. The van der Waals surface area contributed by atoms with Crippen molar-refractivity contribution in [3.05, 3.63) is 59.4 Å². The first-order chi connectivity index (χ1) is 13.7. The molecule has 1 aliphatic heterocycles. The molecule has 29 heavy (non-hydrogen) atoms. The van der Waals surface area contributed by atoms with Gasteiger partial charge in [0, 0.05) is 50.6 Å². The Labute approximate surface area is 190 Å². The van der Waals surface area contributed by atoms with Gasteiger partial charge < -0.3 is 20.1 Å². The average Bonchev–Trinajstić information content (AvgIpc) is 3.24. The average molecular weight is 510 g/mol. The number of aromatic nitrogens is 1. The molecule has 0 bridgehead atoms. The molecule has 1 aromatic heterocycles. The maximum Gasteiger partial charge on any atom is 0.191 e. The third-order valence-corrected chi connectivity index (χ3v) is 4.82. The van der Waals surface area contributed by atoms with Gasteiger partial charge in [0.15, 0.2) is 5.96 Å². The topological polar surface area (TPSA) is 67.8 Å². The summed E-state index contributed by atoms with van der Waals surface area (Å²) in [5, 5.41) is 6.73. The molecule has 2 N–H and O–H groups in total. The number of benzene rings is 1. The molecule has 0 radical (unpaired) electrons. The Balaban J connectivity index is 0.00000300. The lowest BCUT2D eigenvalue weighted by Crippen LogP contribution is -2.38. The minimum atomic E-state index is 0. The second-order valence-electron chi connectivity index (χ2n) is 7.12. The first kappa shape index (κ1) is 23.4. The van der Waals surface area contributed by atoms with Crippen LogP contribution in [0.2, 0.25) is 0 Å². The first-order valence-electron chi connectivity index (χ1n) is 9.88. The standard InChI is InChI=1S/C22H30N4O2.HI/c1-17-5-6-20(21(12-17)28-16-19-8-11-27-15-19)14-26-22(23-2)25-10-7-18-4-3-9-24-13-18;/h3-6,9,12-13,19H,7-8,10-11,14-16H2,1-2H3,(H2,23,25,26);1H. The number of aryl methyl sites for hydroxylation is 1. The highest BCUT2D eigenvalue weighted by molar-refractivity contribution is 14.0. The quantitative estimate of drug-likeness (QED) is 0.324. The van der Waals surface area contributed by atoms with Gasteiger partial charge in [0.2, 0.25) is 0 Å². The van der Waals surface area contributed by atoms with Crippen LogP contribution in [-0.2, 0) is 17.7 Å². The van der Waals surface area contributed by atoms with E-state index in [4.69, 9.17) is 9.47 Å². The normalized spacial score (nSPS) is 16.2. The molecule has 1 aromatic carbocycles. The molecule has 1 saturated heterocycles. The van der Waals surface area contributed by atoms with Gasteiger partial charge in [-0.05, 0) is 43.0 Å². The summed E-state index contributed by atoms with van der Waals surface area (Å²) in [6.45, 7) is 5.88. The minimum Gasteiger partial charge on any atom is -0.493 e. The van der Waals surface area contributed by atoms with Crippen LogP contribution in [0.5, 0.6) is 5.75 Å². The molecule has 2 heterocycles. The Morgan fingerprint density at radius 3 is 2.93 bits per heavy atom. The number of hydrogen-bond donors (Lipinski definition) is 2. The van der Waals surface area contributed by atoms with Crippen molar-refractivity contribution in [3.63, 3.8) is 0 Å². The summed E-state index contributed by atoms with van der Waals surface area (Å²) in [5.41, 5.74) is 3.52. The number of ether oxygens (including phenoxy) is 2. The zero-order chi connectivity index (χ0) is 19.6. The van der Waals surface area contributed by atoms with Crippen LogP contribution in [0.25, 0.3) is 0 Å². The lowest BCUT2D eigenvalue weighted by Gasteiger charge is -2.17. The van der Waals surface area contributed by atoms with E-state index >= 15 is 0 Å². The van der Waals surface area contributed by atoms with E-state index in [9.17, 15) is 0 Å². The maximum absolute atomic E-state index is 6.12. The fourth-order valence-electron chi connectivity index (χ4n) is 3.14. The molecule has 0 saturated carbocycles. The van der Waals surface area contributed by atoms with Gasteiger partial charge in [0.05, 0.1) is 13.2 Å². The van der Waals surface area contributed by atoms with Crippen molar-refractivity contribution in [1.29, 1.82) is 0 Å². The van der Waals surface area contributed by atoms with Crippen molar-refractivity contribution in [2.45, 2.75) is 26.3 Å². The molecule has 3 rings (SSSR count). The lowest BCUT2D eigenvalue weighted by molar-refractivity contribution is 0.166. The highest BCUT2D eigenvalue weighted by Gasteiger charge is 2.17. The van der Waals surface area contributed by atoms with Crippen LogP contribution in [0.4, 0.5) is 0 Å². The summed E-state index contributed by atoms with van der Waals surface area (Å²) in [6.07, 6.45) is 5.66. The Hall–Kier alpha value is -1.87. The van der Waals surface area contributed by atoms with Crippen molar-refractivity contribution in [3.8, 4) is 5.75 Å². The summed E-state index contributed by atoms with van der Waals surface area (Å²) in [5.74, 6) is 2.20. The van der Waals surface area contributed by atoms with Crippen molar-refractivity contribution >= 4 is 29.9 Å². The molecule has 158 valence electrons. The van der Waals surface area contributed by atoms with E-state index in [1.54, 1.807) is 13.2 Å². The molecule has 6 nitrogen and oxygen atoms in total. The highest BCUT2D eigenvalue weighted by Crippen LogP contribution is 2.22. The molecule has 7 heteroatoms. The van der Waals surface area contributed by atoms with E-state index < -0.39 is 0 Å². The van der Waals surface area contributed by atoms with Gasteiger partial charge in [-0.15, -0.1) is 24.0 Å². The molecule has 1 aliphatic rings. The molecule has 2 aromatic rings. The summed E-state index contributed by atoms with van der Waals surface area (Å²) < 4.78 is 11.6. The number of nitrogens with zero attached hydrogens (tertiary/aromatic N) is 2. The van der Waals surface area contributed by atoms with E-state index in [1.165, 1.54) is 11.1 Å². The predicted molar refractivity (Wildman–Crippen MR) is 127 cm³/mol. The molecule has 0 spiro atoms. The fourth-order valence-corrected chi connectivity index (χ4v) is 3.14. The van der Waals surface area contributed by atoms with Crippen LogP contribution in [-0.4, -0.2) is 44.4 Å². The second kappa shape index (κ2) is 12.6. The van der Waals surface area contributed by atoms with Crippen LogP contribution >= 0.6 is 24.0 Å². The third kappa shape index (κ3) is 7.81. The molecule has 1 fully saturated rings. The maximum atomic E-state index is 6.12. The van der Waals surface area contributed by atoms with Gasteiger partial charge in [0.25, 0.3) is 0 Å². The number of nitrogens with one attached hydrogen (secondary N) is 2. The fraction of sp³-hybridized carbons (Fsp3) is 0.455. The van der Waals surface area contributed by atoms with Gasteiger partial charge in [-0.1, -0.05) is 18.2 Å². The molecular weight excluding hydrogens is 479 g/mol. The Bertz CT molecular complexity index is 765. The van der Waals surface area contributed by atoms with Crippen LogP contribution in [0.15, 0.2) is 47.7 Å². The second-order valence-corrected chi connectivity index (χ2v) is 7.12. The van der Waals surface area contributed by atoms with Gasteiger partial charge >= 0.3 is 0 Å². The zero-order valence-corrected chi connectivity index (χ0v) is 19.5. The van der Waals surface area contributed by atoms with Gasteiger partial charge in [-0.2, -0.15) is 0 Å². The number of guanidine groups is 1. The van der Waals surface area contributed by atoms with Crippen molar-refractivity contribution < 1.29 is 9.47 Å². The molecular formula is C22H31IN4O2. The third-order valence-electron chi connectivity index (χ3n) is 4.82. The molecule has 1 unspecified atom stereocenters. The van der Waals surface area contributed by atoms with E-state index in [0.29, 0.717) is 19.1 Å². The Morgan fingerprint density at radius 1 is 1.31 bits per heavy atom. The molecule has 0 amide bonds. The largest absolute Gasteiger partial charge is 0.493 e. The van der Waals surface area contributed by atoms with E-state index in [-0.39, 0.29) is 24.0 Å². The Kier molecular flexibility index (Phi) is 10.2. The summed E-state index contributed by atoms with van der Waals surface area (Å²) in [6, 6.07) is 10.4. The number of rotatable bonds is 8. The monoisotopic (exact) mass is 510 g/mol. The molecule has 0 aliphatic carbocycles. The van der Waals surface area contributed by atoms with Crippen LogP contribution in [0.3, 0.4) is 0 Å². The van der Waals surface area contributed by atoms with Gasteiger partial charge in [-0.3, -0.25) is 9.98 Å². The number of pyridine rings is 1. The van der Waals surface area contributed by atoms with Gasteiger partial charge in [0.1, 0.15) is 5.75 Å². The first-order valence-corrected chi connectivity index (χ1v) is 9.88. The lowest BCUT2D eigenvalue weighted by atomic mass is 10.1. The smallest absolute Gasteiger partial charge is 0.191 e. The number of halogens is 1. The van der Waals surface area contributed by atoms with E-state index in [1.807, 2.05) is 12.3 Å². The number of aliphatic imine (C=N–C) groups is 1. The summed E-state index contributed by atoms with van der Waals surface area (Å²) in [7, 11) is 1.78. The Morgan fingerprint density at radius 2 is 2.21 bits per heavy atom. The van der Waals surface area contributed by atoms with Crippen molar-refractivity contribution in [2.24, 2.45) is 10.9 Å².